The summed E-state index contributed by atoms with van der Waals surface area (Å²) in [4.78, 5) is 4.45. The molecule has 5 heteroatoms. The van der Waals surface area contributed by atoms with Gasteiger partial charge in [0.2, 0.25) is 0 Å². The maximum absolute atomic E-state index is 12.9. The van der Waals surface area contributed by atoms with Gasteiger partial charge in [0.05, 0.1) is 5.69 Å². The summed E-state index contributed by atoms with van der Waals surface area (Å²) in [6.45, 7) is 7.64. The first-order valence-electron chi connectivity index (χ1n) is 8.95. The Hall–Kier alpha value is -1.72. The minimum absolute atomic E-state index is 0.146. The van der Waals surface area contributed by atoms with Gasteiger partial charge in [-0.25, -0.2) is 13.4 Å². The largest absolute Gasteiger partial charge is 0.260 e. The molecule has 0 unspecified atom stereocenters. The minimum atomic E-state index is -3.52. The molecule has 1 aliphatic heterocycles. The Bertz CT molecular complexity index is 821. The predicted molar refractivity (Wildman–Crippen MR) is 101 cm³/mol. The van der Waals surface area contributed by atoms with Crippen LogP contribution in [0.4, 0.5) is 0 Å². The van der Waals surface area contributed by atoms with Gasteiger partial charge < -0.3 is 0 Å². The van der Waals surface area contributed by atoms with Gasteiger partial charge in [-0.1, -0.05) is 51.1 Å². The van der Waals surface area contributed by atoms with Crippen LogP contribution in [0.5, 0.6) is 0 Å². The molecule has 25 heavy (non-hydrogen) atoms. The van der Waals surface area contributed by atoms with Gasteiger partial charge in [0.15, 0.2) is 5.03 Å². The van der Waals surface area contributed by atoms with E-state index in [1.165, 1.54) is 5.56 Å². The molecule has 1 aromatic heterocycles. The second-order valence-corrected chi connectivity index (χ2v) is 9.11. The summed E-state index contributed by atoms with van der Waals surface area (Å²) in [7, 11) is -3.52. The molecule has 0 spiro atoms. The summed E-state index contributed by atoms with van der Waals surface area (Å²) < 4.78 is 27.3. The third-order valence-electron chi connectivity index (χ3n) is 4.94. The molecule has 2 heterocycles. The quantitative estimate of drug-likeness (QED) is 0.819. The summed E-state index contributed by atoms with van der Waals surface area (Å²) in [5, 5.41) is 0.146. The maximum Gasteiger partial charge on any atom is 0.260 e. The Labute approximate surface area is 151 Å². The fourth-order valence-corrected chi connectivity index (χ4v) is 4.54. The molecular weight excluding hydrogens is 332 g/mol. The molecular formula is C20H26N2O2S. The van der Waals surface area contributed by atoms with E-state index in [4.69, 9.17) is 0 Å². The van der Waals surface area contributed by atoms with Gasteiger partial charge in [-0.3, -0.25) is 0 Å². The molecule has 2 aromatic rings. The average molecular weight is 359 g/mol. The Morgan fingerprint density at radius 3 is 2.28 bits per heavy atom. The molecule has 1 aliphatic rings. The Kier molecular flexibility index (Phi) is 5.25. The smallest absolute Gasteiger partial charge is 0.235 e. The number of aromatic nitrogens is 1. The summed E-state index contributed by atoms with van der Waals surface area (Å²) >= 11 is 0. The van der Waals surface area contributed by atoms with Crippen molar-refractivity contribution in [2.45, 2.75) is 44.6 Å². The number of hydrogen-bond acceptors (Lipinski definition) is 3. The lowest BCUT2D eigenvalue weighted by atomic mass is 10.0. The van der Waals surface area contributed by atoms with Crippen LogP contribution in [0, 0.1) is 5.92 Å². The minimum Gasteiger partial charge on any atom is -0.235 e. The summed E-state index contributed by atoms with van der Waals surface area (Å²) in [5.74, 6) is 1.06. The van der Waals surface area contributed by atoms with Crippen molar-refractivity contribution in [3.63, 3.8) is 0 Å². The number of benzene rings is 1. The van der Waals surface area contributed by atoms with Gasteiger partial charge in [-0.15, -0.1) is 0 Å². The normalized spacial score (nSPS) is 17.1. The third kappa shape index (κ3) is 3.93. The zero-order valence-electron chi connectivity index (χ0n) is 15.1. The van der Waals surface area contributed by atoms with Gasteiger partial charge >= 0.3 is 0 Å². The third-order valence-corrected chi connectivity index (χ3v) is 6.74. The van der Waals surface area contributed by atoms with Crippen LogP contribution in [0.3, 0.4) is 0 Å². The number of rotatable bonds is 4. The molecule has 0 amide bonds. The van der Waals surface area contributed by atoms with E-state index < -0.39 is 10.0 Å². The highest BCUT2D eigenvalue weighted by molar-refractivity contribution is 7.89. The Balaban J connectivity index is 1.88. The fraction of sp³-hybridized carbons (Fsp3) is 0.450. The van der Waals surface area contributed by atoms with E-state index in [1.807, 2.05) is 18.2 Å². The second kappa shape index (κ2) is 7.26. The van der Waals surface area contributed by atoms with Crippen molar-refractivity contribution in [2.75, 3.05) is 13.1 Å². The molecule has 0 saturated carbocycles. The number of hydrogen-bond donors (Lipinski definition) is 0. The van der Waals surface area contributed by atoms with Gasteiger partial charge in [-0.05, 0) is 42.4 Å². The van der Waals surface area contributed by atoms with E-state index in [-0.39, 0.29) is 5.03 Å². The number of nitrogens with zero attached hydrogens (tertiary/aromatic N) is 2. The van der Waals surface area contributed by atoms with Crippen molar-refractivity contribution in [3.05, 3.63) is 48.0 Å². The van der Waals surface area contributed by atoms with Crippen LogP contribution >= 0.6 is 0 Å². The number of pyridine rings is 1. The molecule has 0 aliphatic carbocycles. The lowest BCUT2D eigenvalue weighted by Crippen LogP contribution is -2.38. The van der Waals surface area contributed by atoms with Crippen LogP contribution in [0.25, 0.3) is 11.3 Å². The van der Waals surface area contributed by atoms with Crippen LogP contribution in [0.2, 0.25) is 0 Å². The topological polar surface area (TPSA) is 50.3 Å². The van der Waals surface area contributed by atoms with Crippen molar-refractivity contribution in [3.8, 4) is 11.3 Å². The summed E-state index contributed by atoms with van der Waals surface area (Å²) in [6, 6.07) is 13.4. The first-order chi connectivity index (χ1) is 11.9. The van der Waals surface area contributed by atoms with E-state index in [0.717, 1.165) is 18.4 Å². The highest BCUT2D eigenvalue weighted by Crippen LogP contribution is 2.25. The summed E-state index contributed by atoms with van der Waals surface area (Å²) in [5.41, 5.74) is 2.89. The monoisotopic (exact) mass is 358 g/mol. The molecule has 1 saturated heterocycles. The molecule has 134 valence electrons. The van der Waals surface area contributed by atoms with Crippen LogP contribution in [-0.2, 0) is 10.0 Å². The lowest BCUT2D eigenvalue weighted by Gasteiger charge is -2.29. The lowest BCUT2D eigenvalue weighted by molar-refractivity contribution is 0.287. The van der Waals surface area contributed by atoms with Crippen molar-refractivity contribution in [1.82, 2.24) is 9.29 Å². The standard InChI is InChI=1S/C20H26N2O2S/c1-15(2)17-7-9-18(10-8-17)19-5-4-6-20(21-19)25(23,24)22-13-11-16(3)12-14-22/h4-10,15-16H,11-14H2,1-3H3. The van der Waals surface area contributed by atoms with Crippen LogP contribution < -0.4 is 0 Å². The van der Waals surface area contributed by atoms with Gasteiger partial charge in [0.25, 0.3) is 10.0 Å². The van der Waals surface area contributed by atoms with Crippen LogP contribution in [-0.4, -0.2) is 30.8 Å². The predicted octanol–water partition coefficient (Wildman–Crippen LogP) is 4.29. The maximum atomic E-state index is 12.9. The second-order valence-electron chi connectivity index (χ2n) is 7.22. The molecule has 0 atom stereocenters. The van der Waals surface area contributed by atoms with Gasteiger partial charge in [-0.2, -0.15) is 4.31 Å². The average Bonchev–Trinajstić information content (AvgIpc) is 2.62. The van der Waals surface area contributed by atoms with E-state index >= 15 is 0 Å². The Morgan fingerprint density at radius 2 is 1.68 bits per heavy atom. The fourth-order valence-electron chi connectivity index (χ4n) is 3.12. The van der Waals surface area contributed by atoms with Gasteiger partial charge in [0, 0.05) is 18.7 Å². The highest BCUT2D eigenvalue weighted by atomic mass is 32.2. The van der Waals surface area contributed by atoms with Gasteiger partial charge in [0.1, 0.15) is 0 Å². The van der Waals surface area contributed by atoms with E-state index in [9.17, 15) is 8.42 Å². The Morgan fingerprint density at radius 1 is 1.04 bits per heavy atom. The molecule has 0 radical (unpaired) electrons. The molecule has 4 nitrogen and oxygen atoms in total. The van der Waals surface area contributed by atoms with E-state index in [1.54, 1.807) is 16.4 Å². The first-order valence-corrected chi connectivity index (χ1v) is 10.4. The van der Waals surface area contributed by atoms with E-state index in [2.05, 4.69) is 37.9 Å². The van der Waals surface area contributed by atoms with Crippen LogP contribution in [0.15, 0.2) is 47.5 Å². The SMILES string of the molecule is CC1CCN(S(=O)(=O)c2cccc(-c3ccc(C(C)C)cc3)n2)CC1. The van der Waals surface area contributed by atoms with Crippen molar-refractivity contribution in [1.29, 1.82) is 0 Å². The zero-order valence-corrected chi connectivity index (χ0v) is 16.0. The molecule has 1 fully saturated rings. The molecule has 1 aromatic carbocycles. The number of piperidine rings is 1. The molecule has 3 rings (SSSR count). The zero-order chi connectivity index (χ0) is 18.0. The number of sulfonamides is 1. The summed E-state index contributed by atoms with van der Waals surface area (Å²) in [6.07, 6.45) is 1.82. The van der Waals surface area contributed by atoms with Crippen LogP contribution in [0.1, 0.15) is 45.1 Å². The van der Waals surface area contributed by atoms with Crippen molar-refractivity contribution in [2.24, 2.45) is 5.92 Å². The first kappa shape index (κ1) is 18.1. The van der Waals surface area contributed by atoms with Crippen molar-refractivity contribution < 1.29 is 8.42 Å². The van der Waals surface area contributed by atoms with Crippen molar-refractivity contribution >= 4 is 10.0 Å². The molecule has 0 N–H and O–H groups in total. The molecule has 0 bridgehead atoms. The highest BCUT2D eigenvalue weighted by Gasteiger charge is 2.29. The van der Waals surface area contributed by atoms with E-state index in [0.29, 0.717) is 30.6 Å².